The Morgan fingerprint density at radius 1 is 1.26 bits per heavy atom. The van der Waals surface area contributed by atoms with Gasteiger partial charge in [0, 0.05) is 18.5 Å². The molecule has 0 aliphatic carbocycles. The van der Waals surface area contributed by atoms with Crippen LogP contribution in [0.15, 0.2) is 22.6 Å². The number of aryl methyl sites for hydroxylation is 2. The SMILES string of the molecule is CCN(CCO)C(=O)c1cc2cc(C)c(C)cc2o1. The van der Waals surface area contributed by atoms with Gasteiger partial charge in [-0.3, -0.25) is 4.79 Å². The number of hydrogen-bond acceptors (Lipinski definition) is 3. The van der Waals surface area contributed by atoms with Gasteiger partial charge in [0.05, 0.1) is 6.61 Å². The number of likely N-dealkylation sites (N-methyl/N-ethyl adjacent to an activating group) is 1. The molecule has 0 bridgehead atoms. The molecule has 2 rings (SSSR count). The average molecular weight is 261 g/mol. The maximum atomic E-state index is 12.2. The molecule has 4 nitrogen and oxygen atoms in total. The molecule has 19 heavy (non-hydrogen) atoms. The molecule has 0 unspecified atom stereocenters. The van der Waals surface area contributed by atoms with Crippen molar-refractivity contribution < 1.29 is 14.3 Å². The minimum Gasteiger partial charge on any atom is -0.451 e. The topological polar surface area (TPSA) is 53.7 Å². The zero-order chi connectivity index (χ0) is 14.0. The summed E-state index contributed by atoms with van der Waals surface area (Å²) in [5.41, 5.74) is 3.05. The summed E-state index contributed by atoms with van der Waals surface area (Å²) in [6.07, 6.45) is 0. The highest BCUT2D eigenvalue weighted by atomic mass is 16.3. The molecule has 0 aliphatic heterocycles. The van der Waals surface area contributed by atoms with Crippen molar-refractivity contribution in [2.45, 2.75) is 20.8 Å². The van der Waals surface area contributed by atoms with Crippen LogP contribution in [0.3, 0.4) is 0 Å². The van der Waals surface area contributed by atoms with Gasteiger partial charge in [-0.15, -0.1) is 0 Å². The number of rotatable bonds is 4. The summed E-state index contributed by atoms with van der Waals surface area (Å²) in [6.45, 7) is 6.76. The molecule has 0 atom stereocenters. The minimum atomic E-state index is -0.178. The first-order chi connectivity index (χ1) is 9.06. The lowest BCUT2D eigenvalue weighted by atomic mass is 10.1. The molecule has 1 aromatic carbocycles. The van der Waals surface area contributed by atoms with Gasteiger partial charge in [-0.25, -0.2) is 0 Å². The number of aliphatic hydroxyl groups is 1. The first-order valence-electron chi connectivity index (χ1n) is 6.47. The maximum absolute atomic E-state index is 12.2. The second-order valence-electron chi connectivity index (χ2n) is 4.69. The summed E-state index contributed by atoms with van der Waals surface area (Å²) in [5.74, 6) is 0.151. The molecule has 0 saturated carbocycles. The first kappa shape index (κ1) is 13.6. The predicted octanol–water partition coefficient (Wildman–Crippen LogP) is 2.50. The Kier molecular flexibility index (Phi) is 3.90. The van der Waals surface area contributed by atoms with Crippen LogP contribution in [-0.4, -0.2) is 35.6 Å². The van der Waals surface area contributed by atoms with Gasteiger partial charge >= 0.3 is 0 Å². The summed E-state index contributed by atoms with van der Waals surface area (Å²) < 4.78 is 5.62. The van der Waals surface area contributed by atoms with Crippen molar-refractivity contribution >= 4 is 16.9 Å². The fourth-order valence-electron chi connectivity index (χ4n) is 2.09. The lowest BCUT2D eigenvalue weighted by Gasteiger charge is -2.17. The van der Waals surface area contributed by atoms with E-state index in [1.807, 2.05) is 32.9 Å². The fraction of sp³-hybridized carbons (Fsp3) is 0.400. The number of benzene rings is 1. The second kappa shape index (κ2) is 5.45. The Bertz CT molecular complexity index is 562. The minimum absolute atomic E-state index is 0.0436. The Balaban J connectivity index is 2.37. The van der Waals surface area contributed by atoms with Crippen molar-refractivity contribution in [1.29, 1.82) is 0 Å². The van der Waals surface area contributed by atoms with Gasteiger partial charge in [0.15, 0.2) is 5.76 Å². The van der Waals surface area contributed by atoms with E-state index in [2.05, 4.69) is 0 Å². The lowest BCUT2D eigenvalue weighted by Crippen LogP contribution is -2.33. The van der Waals surface area contributed by atoms with E-state index in [1.54, 1.807) is 11.0 Å². The van der Waals surface area contributed by atoms with E-state index in [-0.39, 0.29) is 12.5 Å². The summed E-state index contributed by atoms with van der Waals surface area (Å²) in [6, 6.07) is 5.74. The average Bonchev–Trinajstić information content (AvgIpc) is 2.78. The van der Waals surface area contributed by atoms with Crippen molar-refractivity contribution in [3.8, 4) is 0 Å². The van der Waals surface area contributed by atoms with E-state index < -0.39 is 0 Å². The molecule has 0 saturated heterocycles. The van der Waals surface area contributed by atoms with Crippen LogP contribution in [-0.2, 0) is 0 Å². The Morgan fingerprint density at radius 3 is 2.58 bits per heavy atom. The number of carbonyl (C=O) groups is 1. The Morgan fingerprint density at radius 2 is 1.95 bits per heavy atom. The molecule has 0 aliphatic rings. The van der Waals surface area contributed by atoms with Crippen LogP contribution in [0.5, 0.6) is 0 Å². The number of furan rings is 1. The van der Waals surface area contributed by atoms with Crippen molar-refractivity contribution in [1.82, 2.24) is 4.90 Å². The van der Waals surface area contributed by atoms with Gasteiger partial charge in [-0.2, -0.15) is 0 Å². The number of hydrogen-bond donors (Lipinski definition) is 1. The Hall–Kier alpha value is -1.81. The zero-order valence-corrected chi connectivity index (χ0v) is 11.6. The van der Waals surface area contributed by atoms with Crippen LogP contribution >= 0.6 is 0 Å². The maximum Gasteiger partial charge on any atom is 0.289 e. The summed E-state index contributed by atoms with van der Waals surface area (Å²) in [7, 11) is 0. The standard InChI is InChI=1S/C15H19NO3/c1-4-16(5-6-17)15(18)14-9-12-7-10(2)11(3)8-13(12)19-14/h7-9,17H,4-6H2,1-3H3. The van der Waals surface area contributed by atoms with Crippen molar-refractivity contribution in [2.24, 2.45) is 0 Å². The molecule has 4 heteroatoms. The Labute approximate surface area is 112 Å². The van der Waals surface area contributed by atoms with Crippen LogP contribution < -0.4 is 0 Å². The second-order valence-corrected chi connectivity index (χ2v) is 4.69. The zero-order valence-electron chi connectivity index (χ0n) is 11.6. The van der Waals surface area contributed by atoms with Gasteiger partial charge in [0.25, 0.3) is 5.91 Å². The van der Waals surface area contributed by atoms with Gasteiger partial charge in [0.2, 0.25) is 0 Å². The largest absolute Gasteiger partial charge is 0.451 e. The smallest absolute Gasteiger partial charge is 0.289 e. The van der Waals surface area contributed by atoms with E-state index in [0.29, 0.717) is 18.8 Å². The molecular weight excluding hydrogens is 242 g/mol. The van der Waals surface area contributed by atoms with Gasteiger partial charge < -0.3 is 14.4 Å². The van der Waals surface area contributed by atoms with E-state index in [4.69, 9.17) is 9.52 Å². The highest BCUT2D eigenvalue weighted by Gasteiger charge is 2.18. The van der Waals surface area contributed by atoms with E-state index in [9.17, 15) is 4.79 Å². The van der Waals surface area contributed by atoms with E-state index in [1.165, 1.54) is 5.56 Å². The monoisotopic (exact) mass is 261 g/mol. The lowest BCUT2D eigenvalue weighted by molar-refractivity contribution is 0.0702. The number of carbonyl (C=O) groups excluding carboxylic acids is 1. The first-order valence-corrected chi connectivity index (χ1v) is 6.47. The summed E-state index contributed by atoms with van der Waals surface area (Å²) in [5, 5.41) is 9.89. The highest BCUT2D eigenvalue weighted by Crippen LogP contribution is 2.24. The third-order valence-corrected chi connectivity index (χ3v) is 3.38. The molecular formula is C15H19NO3. The van der Waals surface area contributed by atoms with Crippen molar-refractivity contribution in [3.63, 3.8) is 0 Å². The molecule has 1 heterocycles. The third kappa shape index (κ3) is 2.63. The molecule has 0 fully saturated rings. The molecule has 0 spiro atoms. The van der Waals surface area contributed by atoms with Crippen molar-refractivity contribution in [2.75, 3.05) is 19.7 Å². The third-order valence-electron chi connectivity index (χ3n) is 3.38. The highest BCUT2D eigenvalue weighted by molar-refractivity contribution is 5.96. The molecule has 102 valence electrons. The van der Waals surface area contributed by atoms with Gasteiger partial charge in [-0.05, 0) is 50.1 Å². The number of amides is 1. The number of aliphatic hydroxyl groups excluding tert-OH is 1. The van der Waals surface area contributed by atoms with E-state index in [0.717, 1.165) is 16.5 Å². The molecule has 0 radical (unpaired) electrons. The van der Waals surface area contributed by atoms with Crippen molar-refractivity contribution in [3.05, 3.63) is 35.1 Å². The summed E-state index contributed by atoms with van der Waals surface area (Å²) in [4.78, 5) is 13.8. The van der Waals surface area contributed by atoms with Gasteiger partial charge in [0.1, 0.15) is 5.58 Å². The number of nitrogens with zero attached hydrogens (tertiary/aromatic N) is 1. The van der Waals surface area contributed by atoms with E-state index >= 15 is 0 Å². The fourth-order valence-corrected chi connectivity index (χ4v) is 2.09. The predicted molar refractivity (Wildman–Crippen MR) is 74.4 cm³/mol. The van der Waals surface area contributed by atoms with Crippen LogP contribution in [0.4, 0.5) is 0 Å². The molecule has 1 N–H and O–H groups in total. The normalized spacial score (nSPS) is 10.9. The quantitative estimate of drug-likeness (QED) is 0.920. The summed E-state index contributed by atoms with van der Waals surface area (Å²) >= 11 is 0. The van der Waals surface area contributed by atoms with Crippen LogP contribution in [0, 0.1) is 13.8 Å². The number of fused-ring (bicyclic) bond motifs is 1. The van der Waals surface area contributed by atoms with Crippen LogP contribution in [0.2, 0.25) is 0 Å². The van der Waals surface area contributed by atoms with Gasteiger partial charge in [-0.1, -0.05) is 0 Å². The molecule has 1 aromatic heterocycles. The molecule has 2 aromatic rings. The van der Waals surface area contributed by atoms with Crippen LogP contribution in [0.1, 0.15) is 28.6 Å². The molecule has 1 amide bonds. The van der Waals surface area contributed by atoms with Crippen LogP contribution in [0.25, 0.3) is 11.0 Å².